The van der Waals surface area contributed by atoms with Gasteiger partial charge >= 0.3 is 0 Å². The molecule has 1 aromatic rings. The molecule has 1 saturated heterocycles. The van der Waals surface area contributed by atoms with Crippen LogP contribution in [0.5, 0.6) is 0 Å². The Kier molecular flexibility index (Phi) is 2.41. The van der Waals surface area contributed by atoms with E-state index in [-0.39, 0.29) is 13.0 Å². The number of halogens is 3. The Morgan fingerprint density at radius 3 is 2.06 bits per heavy atom. The highest BCUT2D eigenvalue weighted by Crippen LogP contribution is 2.27. The molecule has 16 heavy (non-hydrogen) atoms. The van der Waals surface area contributed by atoms with Crippen LogP contribution in [0.1, 0.15) is 6.42 Å². The van der Waals surface area contributed by atoms with Gasteiger partial charge in [-0.05, 0) is 0 Å². The summed E-state index contributed by atoms with van der Waals surface area (Å²) in [6.45, 7) is -0.0862. The zero-order valence-corrected chi connectivity index (χ0v) is 7.97. The molecule has 84 valence electrons. The summed E-state index contributed by atoms with van der Waals surface area (Å²) in [5.74, 6) is -5.13. The molecule has 0 bridgehead atoms. The molecule has 0 aliphatic carbocycles. The number of carbonyl (C=O) groups is 2. The number of ketones is 1. The van der Waals surface area contributed by atoms with E-state index < -0.39 is 34.8 Å². The van der Waals surface area contributed by atoms with Crippen LogP contribution in [0, 0.1) is 17.5 Å². The lowest BCUT2D eigenvalue weighted by atomic mass is 10.2. The molecule has 1 aliphatic rings. The van der Waals surface area contributed by atoms with Gasteiger partial charge < -0.3 is 4.90 Å². The van der Waals surface area contributed by atoms with E-state index in [0.29, 0.717) is 17.0 Å². The molecule has 1 fully saturated rings. The standard InChI is InChI=1S/C10H6F3NO2/c11-5-3-6(12)9(7(13)4-5)14-2-1-8(15)10(14)16/h3-4H,1-2H2. The molecule has 0 spiro atoms. The maximum atomic E-state index is 13.3. The second-order valence-corrected chi connectivity index (χ2v) is 3.35. The van der Waals surface area contributed by atoms with E-state index in [1.54, 1.807) is 0 Å². The second-order valence-electron chi connectivity index (χ2n) is 3.35. The first-order valence-electron chi connectivity index (χ1n) is 4.50. The maximum absolute atomic E-state index is 13.3. The molecular formula is C10H6F3NO2. The Labute approximate surface area is 88.5 Å². The quantitative estimate of drug-likeness (QED) is 0.683. The third-order valence-electron chi connectivity index (χ3n) is 2.30. The fourth-order valence-electron chi connectivity index (χ4n) is 1.58. The lowest BCUT2D eigenvalue weighted by Crippen LogP contribution is -2.28. The van der Waals surface area contributed by atoms with Crippen LogP contribution in [0.2, 0.25) is 0 Å². The first-order chi connectivity index (χ1) is 7.50. The Morgan fingerprint density at radius 1 is 1.06 bits per heavy atom. The van der Waals surface area contributed by atoms with E-state index in [4.69, 9.17) is 0 Å². The molecule has 1 amide bonds. The van der Waals surface area contributed by atoms with Crippen molar-refractivity contribution in [2.24, 2.45) is 0 Å². The van der Waals surface area contributed by atoms with E-state index in [1.807, 2.05) is 0 Å². The summed E-state index contributed by atoms with van der Waals surface area (Å²) in [6.07, 6.45) is -0.0882. The maximum Gasteiger partial charge on any atom is 0.294 e. The van der Waals surface area contributed by atoms with Gasteiger partial charge in [-0.2, -0.15) is 0 Å². The number of hydrogen-bond donors (Lipinski definition) is 0. The molecular weight excluding hydrogens is 223 g/mol. The Balaban J connectivity index is 2.49. The average Bonchev–Trinajstić information content (AvgIpc) is 2.48. The van der Waals surface area contributed by atoms with Gasteiger partial charge in [0.1, 0.15) is 11.5 Å². The number of rotatable bonds is 1. The first kappa shape index (κ1) is 10.7. The first-order valence-corrected chi connectivity index (χ1v) is 4.50. The van der Waals surface area contributed by atoms with Crippen molar-refractivity contribution < 1.29 is 22.8 Å². The fraction of sp³-hybridized carbons (Fsp3) is 0.200. The number of anilines is 1. The summed E-state index contributed by atoms with van der Waals surface area (Å²) in [6, 6.07) is 0.934. The fourth-order valence-corrected chi connectivity index (χ4v) is 1.58. The SMILES string of the molecule is O=C1CCN(c2c(F)cc(F)cc2F)C1=O. The highest BCUT2D eigenvalue weighted by Gasteiger charge is 2.33. The van der Waals surface area contributed by atoms with Crippen molar-refractivity contribution >= 4 is 17.4 Å². The average molecular weight is 229 g/mol. The van der Waals surface area contributed by atoms with Gasteiger partial charge in [0.05, 0.1) is 0 Å². The molecule has 3 nitrogen and oxygen atoms in total. The van der Waals surface area contributed by atoms with Crippen LogP contribution >= 0.6 is 0 Å². The van der Waals surface area contributed by atoms with Gasteiger partial charge in [-0.15, -0.1) is 0 Å². The predicted molar refractivity (Wildman–Crippen MR) is 48.3 cm³/mol. The number of carbonyl (C=O) groups excluding carboxylic acids is 2. The number of benzene rings is 1. The lowest BCUT2D eigenvalue weighted by molar-refractivity contribution is -0.133. The van der Waals surface area contributed by atoms with Gasteiger partial charge in [0.2, 0.25) is 5.78 Å². The van der Waals surface area contributed by atoms with Crippen LogP contribution in [0.3, 0.4) is 0 Å². The van der Waals surface area contributed by atoms with Crippen molar-refractivity contribution in [3.8, 4) is 0 Å². The van der Waals surface area contributed by atoms with E-state index in [1.165, 1.54) is 0 Å². The van der Waals surface area contributed by atoms with Crippen molar-refractivity contribution in [1.82, 2.24) is 0 Å². The minimum absolute atomic E-state index is 0.0862. The summed E-state index contributed by atoms with van der Waals surface area (Å²) in [4.78, 5) is 22.9. The highest BCUT2D eigenvalue weighted by atomic mass is 19.1. The monoisotopic (exact) mass is 229 g/mol. The van der Waals surface area contributed by atoms with Gasteiger partial charge in [0.25, 0.3) is 5.91 Å². The number of hydrogen-bond acceptors (Lipinski definition) is 2. The number of nitrogens with zero attached hydrogens (tertiary/aromatic N) is 1. The van der Waals surface area contributed by atoms with Crippen molar-refractivity contribution in [1.29, 1.82) is 0 Å². The zero-order valence-electron chi connectivity index (χ0n) is 7.97. The van der Waals surface area contributed by atoms with Crippen LogP contribution in [-0.4, -0.2) is 18.2 Å². The van der Waals surface area contributed by atoms with Crippen molar-refractivity contribution in [2.75, 3.05) is 11.4 Å². The summed E-state index contributed by atoms with van der Waals surface area (Å²) in [5.41, 5.74) is -0.669. The van der Waals surface area contributed by atoms with Crippen molar-refractivity contribution in [3.63, 3.8) is 0 Å². The normalized spacial score (nSPS) is 16.1. The van der Waals surface area contributed by atoms with Crippen LogP contribution < -0.4 is 4.90 Å². The molecule has 0 atom stereocenters. The Morgan fingerprint density at radius 2 is 1.62 bits per heavy atom. The highest BCUT2D eigenvalue weighted by molar-refractivity contribution is 6.43. The minimum atomic E-state index is -1.19. The Bertz CT molecular complexity index is 464. The van der Waals surface area contributed by atoms with Gasteiger partial charge in [0, 0.05) is 25.1 Å². The minimum Gasteiger partial charge on any atom is -0.300 e. The smallest absolute Gasteiger partial charge is 0.294 e. The largest absolute Gasteiger partial charge is 0.300 e. The molecule has 0 N–H and O–H groups in total. The molecule has 6 heteroatoms. The summed E-state index contributed by atoms with van der Waals surface area (Å²) < 4.78 is 39.2. The van der Waals surface area contributed by atoms with Crippen LogP contribution in [0.4, 0.5) is 18.9 Å². The topological polar surface area (TPSA) is 37.4 Å². The summed E-state index contributed by atoms with van der Waals surface area (Å²) >= 11 is 0. The van der Waals surface area contributed by atoms with Crippen LogP contribution in [0.25, 0.3) is 0 Å². The molecule has 1 heterocycles. The van der Waals surface area contributed by atoms with Gasteiger partial charge in [-0.1, -0.05) is 0 Å². The molecule has 1 aromatic carbocycles. The third-order valence-corrected chi connectivity index (χ3v) is 2.30. The van der Waals surface area contributed by atoms with Crippen molar-refractivity contribution in [2.45, 2.75) is 6.42 Å². The zero-order chi connectivity index (χ0) is 11.9. The molecule has 0 unspecified atom stereocenters. The predicted octanol–water partition coefficient (Wildman–Crippen LogP) is 1.41. The van der Waals surface area contributed by atoms with Crippen LogP contribution in [0.15, 0.2) is 12.1 Å². The van der Waals surface area contributed by atoms with Gasteiger partial charge in [-0.25, -0.2) is 13.2 Å². The second kappa shape index (κ2) is 3.62. The van der Waals surface area contributed by atoms with E-state index in [0.717, 1.165) is 0 Å². The molecule has 1 aliphatic heterocycles. The van der Waals surface area contributed by atoms with Crippen LogP contribution in [-0.2, 0) is 9.59 Å². The third kappa shape index (κ3) is 1.56. The molecule has 0 radical (unpaired) electrons. The number of Topliss-reactive ketones (excluding diaryl/α,β-unsaturated/α-hetero) is 1. The molecule has 0 saturated carbocycles. The lowest BCUT2D eigenvalue weighted by Gasteiger charge is -2.16. The molecule has 2 rings (SSSR count). The van der Waals surface area contributed by atoms with E-state index in [2.05, 4.69) is 0 Å². The summed E-state index contributed by atoms with van der Waals surface area (Å²) in [5, 5.41) is 0. The van der Waals surface area contributed by atoms with Gasteiger partial charge in [-0.3, -0.25) is 9.59 Å². The Hall–Kier alpha value is -1.85. The van der Waals surface area contributed by atoms with E-state index in [9.17, 15) is 22.8 Å². The molecule has 0 aromatic heterocycles. The van der Waals surface area contributed by atoms with Gasteiger partial charge in [0.15, 0.2) is 11.6 Å². The van der Waals surface area contributed by atoms with E-state index >= 15 is 0 Å². The summed E-state index contributed by atoms with van der Waals surface area (Å²) in [7, 11) is 0. The number of amides is 1. The van der Waals surface area contributed by atoms with Crippen molar-refractivity contribution in [3.05, 3.63) is 29.6 Å².